The summed E-state index contributed by atoms with van der Waals surface area (Å²) in [6.07, 6.45) is 1.22. The van der Waals surface area contributed by atoms with Gasteiger partial charge < -0.3 is 15.0 Å². The summed E-state index contributed by atoms with van der Waals surface area (Å²) < 4.78 is 5.45. The number of anilines is 1. The van der Waals surface area contributed by atoms with Crippen LogP contribution in [0.4, 0.5) is 10.5 Å². The molecule has 0 radical (unpaired) electrons. The Morgan fingerprint density at radius 2 is 2.13 bits per heavy atom. The molecule has 1 spiro atoms. The van der Waals surface area contributed by atoms with E-state index >= 15 is 0 Å². The van der Waals surface area contributed by atoms with Gasteiger partial charge in [0.05, 0.1) is 5.41 Å². The Morgan fingerprint density at radius 3 is 2.78 bits per heavy atom. The van der Waals surface area contributed by atoms with E-state index in [0.717, 1.165) is 17.7 Å². The topological polar surface area (TPSA) is 58.6 Å². The van der Waals surface area contributed by atoms with Crippen LogP contribution < -0.4 is 5.32 Å². The molecule has 0 bridgehead atoms. The molecule has 5 heteroatoms. The van der Waals surface area contributed by atoms with Gasteiger partial charge in [0.25, 0.3) is 0 Å². The average molecular weight is 316 g/mol. The normalized spacial score (nSPS) is 23.1. The molecule has 2 aliphatic rings. The number of ether oxygens (including phenoxy) is 1. The second-order valence-corrected chi connectivity index (χ2v) is 7.42. The molecule has 2 aliphatic heterocycles. The highest BCUT2D eigenvalue weighted by Crippen LogP contribution is 2.44. The molecule has 2 heterocycles. The molecule has 1 unspecified atom stereocenters. The first-order valence-electron chi connectivity index (χ1n) is 8.18. The Kier molecular flexibility index (Phi) is 3.62. The molecule has 5 nitrogen and oxygen atoms in total. The van der Waals surface area contributed by atoms with Crippen LogP contribution in [0.3, 0.4) is 0 Å². The number of likely N-dealkylation sites (tertiary alicyclic amines) is 1. The van der Waals surface area contributed by atoms with Gasteiger partial charge in [0.2, 0.25) is 5.91 Å². The van der Waals surface area contributed by atoms with Crippen molar-refractivity contribution in [3.8, 4) is 0 Å². The zero-order chi connectivity index (χ0) is 16.8. The van der Waals surface area contributed by atoms with Gasteiger partial charge in [-0.2, -0.15) is 0 Å². The average Bonchev–Trinajstić information content (AvgIpc) is 3.02. The van der Waals surface area contributed by atoms with E-state index < -0.39 is 11.0 Å². The molecule has 0 aromatic heterocycles. The van der Waals surface area contributed by atoms with Gasteiger partial charge in [-0.1, -0.05) is 19.1 Å². The molecule has 3 rings (SSSR count). The van der Waals surface area contributed by atoms with Gasteiger partial charge in [-0.05, 0) is 50.8 Å². The van der Waals surface area contributed by atoms with Gasteiger partial charge in [0, 0.05) is 18.8 Å². The van der Waals surface area contributed by atoms with Crippen molar-refractivity contribution in [1.29, 1.82) is 0 Å². The highest BCUT2D eigenvalue weighted by Gasteiger charge is 2.52. The third kappa shape index (κ3) is 2.69. The minimum Gasteiger partial charge on any atom is -0.444 e. The van der Waals surface area contributed by atoms with Gasteiger partial charge in [-0.25, -0.2) is 4.79 Å². The second kappa shape index (κ2) is 5.25. The van der Waals surface area contributed by atoms with E-state index in [1.165, 1.54) is 5.56 Å². The fourth-order valence-corrected chi connectivity index (χ4v) is 3.38. The maximum atomic E-state index is 12.6. The lowest BCUT2D eigenvalue weighted by Crippen LogP contribution is -2.41. The molecule has 23 heavy (non-hydrogen) atoms. The molecule has 1 saturated heterocycles. The van der Waals surface area contributed by atoms with Crippen LogP contribution in [-0.4, -0.2) is 35.6 Å². The highest BCUT2D eigenvalue weighted by atomic mass is 16.6. The molecule has 2 amide bonds. The Morgan fingerprint density at radius 1 is 1.39 bits per heavy atom. The molecule has 0 saturated carbocycles. The summed E-state index contributed by atoms with van der Waals surface area (Å²) in [5, 5.41) is 2.97. The van der Waals surface area contributed by atoms with Crippen LogP contribution in [0.15, 0.2) is 18.2 Å². The summed E-state index contributed by atoms with van der Waals surface area (Å²) in [6.45, 7) is 8.57. The van der Waals surface area contributed by atoms with Crippen molar-refractivity contribution < 1.29 is 14.3 Å². The van der Waals surface area contributed by atoms with Gasteiger partial charge >= 0.3 is 6.09 Å². The lowest BCUT2D eigenvalue weighted by atomic mass is 9.80. The first-order chi connectivity index (χ1) is 10.7. The molecular formula is C18H24N2O3. The Hall–Kier alpha value is -2.04. The van der Waals surface area contributed by atoms with Crippen LogP contribution in [0.1, 0.15) is 45.2 Å². The lowest BCUT2D eigenvalue weighted by Gasteiger charge is -2.26. The number of hydrogen-bond donors (Lipinski definition) is 1. The number of aryl methyl sites for hydroxylation is 1. The zero-order valence-electron chi connectivity index (χ0n) is 14.2. The van der Waals surface area contributed by atoms with E-state index in [0.29, 0.717) is 19.5 Å². The predicted octanol–water partition coefficient (Wildman–Crippen LogP) is 3.08. The van der Waals surface area contributed by atoms with Gasteiger partial charge in [-0.3, -0.25) is 4.79 Å². The van der Waals surface area contributed by atoms with Gasteiger partial charge in [-0.15, -0.1) is 0 Å². The van der Waals surface area contributed by atoms with Crippen LogP contribution in [0.5, 0.6) is 0 Å². The SMILES string of the molecule is CCc1ccc2c(c1)C1(CCN(C(=O)OC(C)(C)C)C1)C(=O)N2. The molecule has 1 N–H and O–H groups in total. The number of carbonyl (C=O) groups is 2. The van der Waals surface area contributed by atoms with Gasteiger partial charge in [0.1, 0.15) is 5.60 Å². The van der Waals surface area contributed by atoms with Crippen LogP contribution in [-0.2, 0) is 21.4 Å². The van der Waals surface area contributed by atoms with E-state index in [1.807, 2.05) is 32.9 Å². The summed E-state index contributed by atoms with van der Waals surface area (Å²) in [5.74, 6) is -0.00758. The van der Waals surface area contributed by atoms with E-state index in [2.05, 4.69) is 18.3 Å². The Balaban J connectivity index is 1.87. The van der Waals surface area contributed by atoms with Crippen molar-refractivity contribution in [3.63, 3.8) is 0 Å². The zero-order valence-corrected chi connectivity index (χ0v) is 14.2. The van der Waals surface area contributed by atoms with Crippen LogP contribution >= 0.6 is 0 Å². The van der Waals surface area contributed by atoms with E-state index in [4.69, 9.17) is 4.74 Å². The second-order valence-electron chi connectivity index (χ2n) is 7.42. The largest absolute Gasteiger partial charge is 0.444 e. The van der Waals surface area contributed by atoms with E-state index in [1.54, 1.807) is 4.90 Å². The molecule has 1 aromatic carbocycles. The van der Waals surface area contributed by atoms with Crippen LogP contribution in [0.25, 0.3) is 0 Å². The molecule has 1 fully saturated rings. The Bertz CT molecular complexity index is 663. The summed E-state index contributed by atoms with van der Waals surface area (Å²) >= 11 is 0. The fraction of sp³-hybridized carbons (Fsp3) is 0.556. The predicted molar refractivity (Wildman–Crippen MR) is 88.6 cm³/mol. The maximum Gasteiger partial charge on any atom is 0.410 e. The van der Waals surface area contributed by atoms with E-state index in [-0.39, 0.29) is 12.0 Å². The number of amides is 2. The van der Waals surface area contributed by atoms with Crippen LogP contribution in [0, 0.1) is 0 Å². The number of rotatable bonds is 1. The fourth-order valence-electron chi connectivity index (χ4n) is 3.38. The summed E-state index contributed by atoms with van der Waals surface area (Å²) in [5.41, 5.74) is 1.94. The third-order valence-electron chi connectivity index (χ3n) is 4.61. The molecular weight excluding hydrogens is 292 g/mol. The first kappa shape index (κ1) is 15.8. The minimum absolute atomic E-state index is 0.00758. The van der Waals surface area contributed by atoms with Crippen molar-refractivity contribution in [1.82, 2.24) is 4.90 Å². The number of hydrogen-bond acceptors (Lipinski definition) is 3. The number of carbonyl (C=O) groups excluding carboxylic acids is 2. The third-order valence-corrected chi connectivity index (χ3v) is 4.61. The summed E-state index contributed by atoms with van der Waals surface area (Å²) in [7, 11) is 0. The number of benzene rings is 1. The lowest BCUT2D eigenvalue weighted by molar-refractivity contribution is -0.120. The minimum atomic E-state index is -0.628. The number of nitrogens with zero attached hydrogens (tertiary/aromatic N) is 1. The van der Waals surface area contributed by atoms with Crippen molar-refractivity contribution in [3.05, 3.63) is 29.3 Å². The molecule has 1 atom stereocenters. The summed E-state index contributed by atoms with van der Waals surface area (Å²) in [6, 6.07) is 6.11. The molecule has 0 aliphatic carbocycles. The van der Waals surface area contributed by atoms with Crippen molar-refractivity contribution in [2.45, 2.75) is 51.6 Å². The quantitative estimate of drug-likeness (QED) is 0.866. The van der Waals surface area contributed by atoms with E-state index in [9.17, 15) is 9.59 Å². The Labute approximate surface area is 137 Å². The van der Waals surface area contributed by atoms with Crippen molar-refractivity contribution >= 4 is 17.7 Å². The number of fused-ring (bicyclic) bond motifs is 2. The molecule has 1 aromatic rings. The number of nitrogens with one attached hydrogen (secondary N) is 1. The van der Waals surface area contributed by atoms with Crippen LogP contribution in [0.2, 0.25) is 0 Å². The van der Waals surface area contributed by atoms with Gasteiger partial charge in [0.15, 0.2) is 0 Å². The van der Waals surface area contributed by atoms with Crippen molar-refractivity contribution in [2.24, 2.45) is 0 Å². The smallest absolute Gasteiger partial charge is 0.410 e. The summed E-state index contributed by atoms with van der Waals surface area (Å²) in [4.78, 5) is 26.6. The first-order valence-corrected chi connectivity index (χ1v) is 8.18. The molecule has 124 valence electrons. The maximum absolute atomic E-state index is 12.6. The monoisotopic (exact) mass is 316 g/mol. The standard InChI is InChI=1S/C18H24N2O3/c1-5-12-6-7-14-13(10-12)18(15(21)19-14)8-9-20(11-18)16(22)23-17(2,3)4/h6-7,10H,5,8-9,11H2,1-4H3,(H,19,21). The van der Waals surface area contributed by atoms with Crippen molar-refractivity contribution in [2.75, 3.05) is 18.4 Å². The highest BCUT2D eigenvalue weighted by molar-refractivity contribution is 6.07.